The number of hydrogen-bond donors (Lipinski definition) is 1. The zero-order chi connectivity index (χ0) is 14.5. The third-order valence-electron chi connectivity index (χ3n) is 3.99. The van der Waals surface area contributed by atoms with Crippen LogP contribution in [0.15, 0.2) is 6.07 Å². The molecule has 2 rings (SSSR count). The minimum atomic E-state index is 0.619. The maximum absolute atomic E-state index is 4.75. The summed E-state index contributed by atoms with van der Waals surface area (Å²) in [4.78, 5) is 11.8. The van der Waals surface area contributed by atoms with Gasteiger partial charge < -0.3 is 10.2 Å². The molecular formula is C16H28N4. The predicted molar refractivity (Wildman–Crippen MR) is 85.4 cm³/mol. The van der Waals surface area contributed by atoms with Gasteiger partial charge in [0, 0.05) is 31.6 Å². The summed E-state index contributed by atoms with van der Waals surface area (Å²) in [6.45, 7) is 11.0. The smallest absolute Gasteiger partial charge is 0.134 e. The number of nitrogens with zero attached hydrogens (tertiary/aromatic N) is 3. The van der Waals surface area contributed by atoms with Gasteiger partial charge in [0.2, 0.25) is 0 Å². The molecule has 0 bridgehead atoms. The summed E-state index contributed by atoms with van der Waals surface area (Å²) >= 11 is 0. The molecule has 0 saturated carbocycles. The molecule has 1 atom stereocenters. The van der Waals surface area contributed by atoms with E-state index in [-0.39, 0.29) is 0 Å². The summed E-state index contributed by atoms with van der Waals surface area (Å²) in [5.41, 5.74) is 0. The van der Waals surface area contributed by atoms with E-state index in [9.17, 15) is 0 Å². The monoisotopic (exact) mass is 276 g/mol. The van der Waals surface area contributed by atoms with Gasteiger partial charge >= 0.3 is 0 Å². The molecule has 0 amide bonds. The van der Waals surface area contributed by atoms with Crippen molar-refractivity contribution in [1.82, 2.24) is 9.97 Å². The maximum atomic E-state index is 4.75. The van der Waals surface area contributed by atoms with E-state index >= 15 is 0 Å². The zero-order valence-electron chi connectivity index (χ0n) is 13.3. The Morgan fingerprint density at radius 2 is 2.15 bits per heavy atom. The predicted octanol–water partition coefficient (Wildman–Crippen LogP) is 3.49. The Hall–Kier alpha value is -1.32. The second kappa shape index (κ2) is 6.91. The topological polar surface area (TPSA) is 41.0 Å². The van der Waals surface area contributed by atoms with Gasteiger partial charge in [-0.25, -0.2) is 9.97 Å². The summed E-state index contributed by atoms with van der Waals surface area (Å²) in [6, 6.07) is 2.74. The van der Waals surface area contributed by atoms with E-state index in [2.05, 4.69) is 49.0 Å². The summed E-state index contributed by atoms with van der Waals surface area (Å²) < 4.78 is 0. The van der Waals surface area contributed by atoms with Crippen molar-refractivity contribution < 1.29 is 0 Å². The summed E-state index contributed by atoms with van der Waals surface area (Å²) in [6.07, 6.45) is 4.54. The summed E-state index contributed by atoms with van der Waals surface area (Å²) in [7, 11) is 0. The molecule has 1 fully saturated rings. The van der Waals surface area contributed by atoms with E-state index in [1.165, 1.54) is 12.8 Å². The van der Waals surface area contributed by atoms with Gasteiger partial charge in [0.05, 0.1) is 0 Å². The van der Waals surface area contributed by atoms with Crippen molar-refractivity contribution in [1.29, 1.82) is 0 Å². The molecule has 1 aliphatic rings. The highest BCUT2D eigenvalue weighted by Gasteiger charge is 2.28. The highest BCUT2D eigenvalue weighted by molar-refractivity contribution is 5.51. The highest BCUT2D eigenvalue weighted by Crippen LogP contribution is 2.29. The van der Waals surface area contributed by atoms with Gasteiger partial charge in [0.15, 0.2) is 0 Å². The number of anilines is 2. The van der Waals surface area contributed by atoms with Crippen molar-refractivity contribution in [3.63, 3.8) is 0 Å². The van der Waals surface area contributed by atoms with Crippen LogP contribution in [-0.2, 0) is 6.42 Å². The van der Waals surface area contributed by atoms with Gasteiger partial charge in [-0.3, -0.25) is 0 Å². The van der Waals surface area contributed by atoms with Crippen molar-refractivity contribution >= 4 is 11.6 Å². The molecule has 4 heteroatoms. The molecule has 1 saturated heterocycles. The van der Waals surface area contributed by atoms with Crippen LogP contribution in [0.5, 0.6) is 0 Å². The van der Waals surface area contributed by atoms with Crippen molar-refractivity contribution in [2.24, 2.45) is 5.92 Å². The normalized spacial score (nSPS) is 18.9. The van der Waals surface area contributed by atoms with Gasteiger partial charge in [0.1, 0.15) is 17.5 Å². The zero-order valence-corrected chi connectivity index (χ0v) is 13.3. The fourth-order valence-corrected chi connectivity index (χ4v) is 2.90. The SMILES string of the molecule is CCCNc1cc(N2CCCC2C(C)C)nc(CC)n1. The van der Waals surface area contributed by atoms with E-state index < -0.39 is 0 Å². The Balaban J connectivity index is 2.25. The lowest BCUT2D eigenvalue weighted by atomic mass is 10.0. The Labute approximate surface area is 123 Å². The average molecular weight is 276 g/mol. The molecule has 0 aromatic carbocycles. The number of aromatic nitrogens is 2. The van der Waals surface area contributed by atoms with Gasteiger partial charge in [-0.05, 0) is 25.2 Å². The Kier molecular flexibility index (Phi) is 5.21. The van der Waals surface area contributed by atoms with Gasteiger partial charge in [-0.1, -0.05) is 27.7 Å². The molecule has 20 heavy (non-hydrogen) atoms. The molecule has 112 valence electrons. The molecule has 1 N–H and O–H groups in total. The number of rotatable bonds is 6. The summed E-state index contributed by atoms with van der Waals surface area (Å²) in [5.74, 6) is 3.69. The molecule has 1 aromatic heterocycles. The number of nitrogens with one attached hydrogen (secondary N) is 1. The maximum Gasteiger partial charge on any atom is 0.134 e. The third kappa shape index (κ3) is 3.41. The number of aryl methyl sites for hydroxylation is 1. The van der Waals surface area contributed by atoms with E-state index in [1.54, 1.807) is 0 Å². The van der Waals surface area contributed by atoms with Crippen LogP contribution in [0, 0.1) is 5.92 Å². The van der Waals surface area contributed by atoms with Crippen LogP contribution in [0.2, 0.25) is 0 Å². The van der Waals surface area contributed by atoms with E-state index in [0.29, 0.717) is 12.0 Å². The van der Waals surface area contributed by atoms with E-state index in [1.807, 2.05) is 0 Å². The van der Waals surface area contributed by atoms with Crippen LogP contribution in [0.1, 0.15) is 52.8 Å². The molecule has 0 aliphatic carbocycles. The molecule has 1 aromatic rings. The molecule has 1 aliphatic heterocycles. The van der Waals surface area contributed by atoms with Gasteiger partial charge in [-0.2, -0.15) is 0 Å². The largest absolute Gasteiger partial charge is 0.370 e. The Bertz CT molecular complexity index is 430. The van der Waals surface area contributed by atoms with E-state index in [0.717, 1.165) is 43.4 Å². The molecule has 0 radical (unpaired) electrons. The lowest BCUT2D eigenvalue weighted by molar-refractivity contribution is 0.489. The summed E-state index contributed by atoms with van der Waals surface area (Å²) in [5, 5.41) is 3.40. The first-order valence-corrected chi connectivity index (χ1v) is 8.04. The van der Waals surface area contributed by atoms with Gasteiger partial charge in [0.25, 0.3) is 0 Å². The third-order valence-corrected chi connectivity index (χ3v) is 3.99. The molecule has 0 spiro atoms. The molecule has 2 heterocycles. The van der Waals surface area contributed by atoms with Crippen molar-refractivity contribution in [3.05, 3.63) is 11.9 Å². The van der Waals surface area contributed by atoms with Crippen LogP contribution in [0.25, 0.3) is 0 Å². The van der Waals surface area contributed by atoms with Crippen molar-refractivity contribution in [3.8, 4) is 0 Å². The first kappa shape index (κ1) is 15.1. The highest BCUT2D eigenvalue weighted by atomic mass is 15.2. The second-order valence-electron chi connectivity index (χ2n) is 5.95. The van der Waals surface area contributed by atoms with Crippen LogP contribution < -0.4 is 10.2 Å². The second-order valence-corrected chi connectivity index (χ2v) is 5.95. The van der Waals surface area contributed by atoms with Crippen LogP contribution in [0.3, 0.4) is 0 Å². The van der Waals surface area contributed by atoms with Crippen LogP contribution in [-0.4, -0.2) is 29.1 Å². The Morgan fingerprint density at radius 3 is 2.80 bits per heavy atom. The average Bonchev–Trinajstić information content (AvgIpc) is 2.94. The standard InChI is InChI=1S/C16H28N4/c1-5-9-17-15-11-16(19-14(6-2)18-15)20-10-7-8-13(20)12(3)4/h11-13H,5-10H2,1-4H3,(H,17,18,19). The van der Waals surface area contributed by atoms with Crippen LogP contribution >= 0.6 is 0 Å². The quantitative estimate of drug-likeness (QED) is 0.863. The fraction of sp³-hybridized carbons (Fsp3) is 0.750. The lowest BCUT2D eigenvalue weighted by Crippen LogP contribution is -2.34. The fourth-order valence-electron chi connectivity index (χ4n) is 2.90. The Morgan fingerprint density at radius 1 is 1.35 bits per heavy atom. The first-order valence-electron chi connectivity index (χ1n) is 8.04. The number of hydrogen-bond acceptors (Lipinski definition) is 4. The lowest BCUT2D eigenvalue weighted by Gasteiger charge is -2.29. The molecule has 4 nitrogen and oxygen atoms in total. The molecular weight excluding hydrogens is 248 g/mol. The minimum absolute atomic E-state index is 0.619. The first-order chi connectivity index (χ1) is 9.65. The minimum Gasteiger partial charge on any atom is -0.370 e. The van der Waals surface area contributed by atoms with Crippen molar-refractivity contribution in [2.75, 3.05) is 23.3 Å². The van der Waals surface area contributed by atoms with Crippen molar-refractivity contribution in [2.45, 2.75) is 59.4 Å². The van der Waals surface area contributed by atoms with Crippen LogP contribution in [0.4, 0.5) is 11.6 Å². The molecule has 1 unspecified atom stereocenters. The van der Waals surface area contributed by atoms with E-state index in [4.69, 9.17) is 4.98 Å². The van der Waals surface area contributed by atoms with Gasteiger partial charge in [-0.15, -0.1) is 0 Å².